The summed E-state index contributed by atoms with van der Waals surface area (Å²) in [4.78, 5) is 27.5. The fourth-order valence-corrected chi connectivity index (χ4v) is 6.53. The molecule has 0 spiro atoms. The van der Waals surface area contributed by atoms with Gasteiger partial charge in [-0.25, -0.2) is 13.2 Å². The van der Waals surface area contributed by atoms with Gasteiger partial charge in [0.15, 0.2) is 0 Å². The molecule has 3 amide bonds. The summed E-state index contributed by atoms with van der Waals surface area (Å²) in [6.45, 7) is 0.978. The minimum absolute atomic E-state index is 0.217. The quantitative estimate of drug-likeness (QED) is 0.765. The van der Waals surface area contributed by atoms with Gasteiger partial charge in [-0.3, -0.25) is 10.1 Å². The smallest absolute Gasteiger partial charge is 0.322 e. The number of primary amides is 1. The number of nitrogens with two attached hydrogens (primary N) is 1. The van der Waals surface area contributed by atoms with Crippen LogP contribution in [0.1, 0.15) is 27.2 Å². The van der Waals surface area contributed by atoms with Gasteiger partial charge in [0.2, 0.25) is 10.0 Å². The molecule has 4 rings (SSSR count). The van der Waals surface area contributed by atoms with Crippen molar-refractivity contribution in [1.82, 2.24) is 9.21 Å². The third kappa shape index (κ3) is 3.75. The third-order valence-corrected chi connectivity index (χ3v) is 8.42. The highest BCUT2D eigenvalue weighted by molar-refractivity contribution is 7.89. The van der Waals surface area contributed by atoms with E-state index in [1.54, 1.807) is 35.2 Å². The number of carbonyl (C=O) groups excluding carboxylic acids is 2. The molecular weight excluding hydrogens is 412 g/mol. The minimum Gasteiger partial charge on any atom is -0.365 e. The summed E-state index contributed by atoms with van der Waals surface area (Å²) in [5.41, 5.74) is 6.91. The summed E-state index contributed by atoms with van der Waals surface area (Å²) in [5.74, 6) is -0.529. The zero-order valence-corrected chi connectivity index (χ0v) is 17.4. The predicted octanol–water partition coefficient (Wildman–Crippen LogP) is 1.87. The van der Waals surface area contributed by atoms with Crippen molar-refractivity contribution >= 4 is 38.3 Å². The van der Waals surface area contributed by atoms with Crippen molar-refractivity contribution in [3.05, 3.63) is 46.3 Å². The van der Waals surface area contributed by atoms with Crippen LogP contribution in [0.4, 0.5) is 9.80 Å². The standard InChI is InChI=1S/C19H22N4O4S2/c20-17(24)16-14-7-4-8-15(14)28-18(16)21-19(25)22-9-11-23(12-10-22)29(26,27)13-5-2-1-3-6-13/h1-3,5-6H,4,7-12H2,(H2,20,24)(H,21,25). The lowest BCUT2D eigenvalue weighted by atomic mass is 10.1. The van der Waals surface area contributed by atoms with Gasteiger partial charge in [0.25, 0.3) is 5.91 Å². The van der Waals surface area contributed by atoms with E-state index >= 15 is 0 Å². The first kappa shape index (κ1) is 19.9. The van der Waals surface area contributed by atoms with Crippen LogP contribution in [0.2, 0.25) is 0 Å². The topological polar surface area (TPSA) is 113 Å². The highest BCUT2D eigenvalue weighted by atomic mass is 32.2. The summed E-state index contributed by atoms with van der Waals surface area (Å²) in [6, 6.07) is 7.92. The fourth-order valence-electron chi connectivity index (χ4n) is 3.80. The number of aryl methyl sites for hydroxylation is 1. The number of benzene rings is 1. The molecule has 2 aliphatic rings. The second-order valence-corrected chi connectivity index (χ2v) is 10.1. The Balaban J connectivity index is 1.42. The van der Waals surface area contributed by atoms with Crippen LogP contribution < -0.4 is 11.1 Å². The molecule has 0 unspecified atom stereocenters. The summed E-state index contributed by atoms with van der Waals surface area (Å²) in [7, 11) is -3.57. The first-order valence-electron chi connectivity index (χ1n) is 9.43. The summed E-state index contributed by atoms with van der Waals surface area (Å²) in [5, 5.41) is 3.31. The maximum absolute atomic E-state index is 12.7. The molecule has 0 atom stereocenters. The molecule has 0 radical (unpaired) electrons. The van der Waals surface area contributed by atoms with Crippen LogP contribution in [0.25, 0.3) is 0 Å². The molecule has 2 heterocycles. The molecule has 3 N–H and O–H groups in total. The first-order chi connectivity index (χ1) is 13.9. The zero-order valence-electron chi connectivity index (χ0n) is 15.8. The Morgan fingerprint density at radius 3 is 2.38 bits per heavy atom. The predicted molar refractivity (Wildman–Crippen MR) is 111 cm³/mol. The largest absolute Gasteiger partial charge is 0.365 e. The van der Waals surface area contributed by atoms with Gasteiger partial charge in [-0.05, 0) is 37.0 Å². The number of amides is 3. The average Bonchev–Trinajstić information content (AvgIpc) is 3.29. The van der Waals surface area contributed by atoms with Crippen molar-refractivity contribution in [3.8, 4) is 0 Å². The zero-order chi connectivity index (χ0) is 20.6. The van der Waals surface area contributed by atoms with E-state index in [1.807, 2.05) is 0 Å². The number of nitrogens with one attached hydrogen (secondary N) is 1. The number of thiophene rings is 1. The molecule has 29 heavy (non-hydrogen) atoms. The van der Waals surface area contributed by atoms with Crippen molar-refractivity contribution in [2.24, 2.45) is 5.73 Å². The van der Waals surface area contributed by atoms with Crippen LogP contribution in [-0.2, 0) is 22.9 Å². The number of sulfonamides is 1. The second-order valence-electron chi connectivity index (χ2n) is 7.06. The van der Waals surface area contributed by atoms with Gasteiger partial charge in [0.1, 0.15) is 5.00 Å². The molecule has 2 aromatic rings. The number of anilines is 1. The number of hydrogen-bond donors (Lipinski definition) is 2. The highest BCUT2D eigenvalue weighted by Crippen LogP contribution is 2.39. The van der Waals surface area contributed by atoms with Crippen LogP contribution in [-0.4, -0.2) is 55.7 Å². The van der Waals surface area contributed by atoms with Crippen molar-refractivity contribution in [1.29, 1.82) is 0 Å². The molecule has 1 aromatic heterocycles. The molecule has 0 bridgehead atoms. The first-order valence-corrected chi connectivity index (χ1v) is 11.7. The van der Waals surface area contributed by atoms with E-state index in [2.05, 4.69) is 5.32 Å². The lowest BCUT2D eigenvalue weighted by molar-refractivity contribution is 0.100. The molecule has 0 saturated carbocycles. The monoisotopic (exact) mass is 434 g/mol. The van der Waals surface area contributed by atoms with Crippen LogP contribution in [0.5, 0.6) is 0 Å². The Kier molecular flexibility index (Phi) is 5.32. The second kappa shape index (κ2) is 7.77. The lowest BCUT2D eigenvalue weighted by Gasteiger charge is -2.33. The number of hydrogen-bond acceptors (Lipinski definition) is 5. The Bertz CT molecular complexity index is 1040. The molecule has 1 saturated heterocycles. The number of fused-ring (bicyclic) bond motifs is 1. The van der Waals surface area contributed by atoms with Gasteiger partial charge in [-0.1, -0.05) is 18.2 Å². The number of nitrogens with zero attached hydrogens (tertiary/aromatic N) is 2. The average molecular weight is 435 g/mol. The summed E-state index contributed by atoms with van der Waals surface area (Å²) < 4.78 is 26.8. The van der Waals surface area contributed by atoms with Crippen LogP contribution >= 0.6 is 11.3 Å². The normalized spacial score (nSPS) is 17.2. The van der Waals surface area contributed by atoms with Crippen LogP contribution in [0.3, 0.4) is 0 Å². The Morgan fingerprint density at radius 2 is 1.72 bits per heavy atom. The maximum Gasteiger partial charge on any atom is 0.322 e. The molecule has 1 aromatic carbocycles. The van der Waals surface area contributed by atoms with E-state index in [9.17, 15) is 18.0 Å². The van der Waals surface area contributed by atoms with Gasteiger partial charge in [0, 0.05) is 31.1 Å². The van der Waals surface area contributed by atoms with Crippen LogP contribution in [0, 0.1) is 0 Å². The van der Waals surface area contributed by atoms with E-state index in [-0.39, 0.29) is 37.1 Å². The number of urea groups is 1. The van der Waals surface area contributed by atoms with Gasteiger partial charge < -0.3 is 10.6 Å². The molecule has 10 heteroatoms. The van der Waals surface area contributed by atoms with E-state index in [1.165, 1.54) is 15.6 Å². The van der Waals surface area contributed by atoms with E-state index in [0.717, 1.165) is 29.7 Å². The number of rotatable bonds is 4. The molecule has 8 nitrogen and oxygen atoms in total. The van der Waals surface area contributed by atoms with Crippen LogP contribution in [0.15, 0.2) is 35.2 Å². The van der Waals surface area contributed by atoms with Gasteiger partial charge in [-0.15, -0.1) is 11.3 Å². The van der Waals surface area contributed by atoms with Crippen molar-refractivity contribution in [2.45, 2.75) is 24.2 Å². The highest BCUT2D eigenvalue weighted by Gasteiger charge is 2.31. The Morgan fingerprint density at radius 1 is 1.03 bits per heavy atom. The number of piperazine rings is 1. The summed E-state index contributed by atoms with van der Waals surface area (Å²) in [6.07, 6.45) is 2.69. The van der Waals surface area contributed by atoms with Crippen molar-refractivity contribution < 1.29 is 18.0 Å². The van der Waals surface area contributed by atoms with E-state index < -0.39 is 15.9 Å². The maximum atomic E-state index is 12.7. The third-order valence-electron chi connectivity index (χ3n) is 5.30. The molecule has 1 fully saturated rings. The Hall–Kier alpha value is -2.43. The van der Waals surface area contributed by atoms with Gasteiger partial charge >= 0.3 is 6.03 Å². The summed E-state index contributed by atoms with van der Waals surface area (Å²) >= 11 is 1.41. The van der Waals surface area contributed by atoms with E-state index in [4.69, 9.17) is 5.73 Å². The lowest BCUT2D eigenvalue weighted by Crippen LogP contribution is -2.51. The molecule has 154 valence electrons. The Labute approximate surface area is 173 Å². The SMILES string of the molecule is NC(=O)c1c(NC(=O)N2CCN(S(=O)(=O)c3ccccc3)CC2)sc2c1CCC2. The van der Waals surface area contributed by atoms with E-state index in [0.29, 0.717) is 10.6 Å². The minimum atomic E-state index is -3.57. The molecule has 1 aliphatic carbocycles. The van der Waals surface area contributed by atoms with Crippen molar-refractivity contribution in [3.63, 3.8) is 0 Å². The molecule has 1 aliphatic heterocycles. The fraction of sp³-hybridized carbons (Fsp3) is 0.368. The van der Waals surface area contributed by atoms with Crippen molar-refractivity contribution in [2.75, 3.05) is 31.5 Å². The van der Waals surface area contributed by atoms with Gasteiger partial charge in [0.05, 0.1) is 10.5 Å². The van der Waals surface area contributed by atoms with Gasteiger partial charge in [-0.2, -0.15) is 4.31 Å². The molecular formula is C19H22N4O4S2. The number of carbonyl (C=O) groups is 2.